The average molecular weight is 668 g/mol. The first-order valence-electron chi connectivity index (χ1n) is 24.1. The van der Waals surface area contributed by atoms with E-state index in [0.717, 1.165) is 113 Å². The lowest BCUT2D eigenvalue weighted by atomic mass is 9.53. The van der Waals surface area contributed by atoms with Gasteiger partial charge < -0.3 is 0 Å². The van der Waals surface area contributed by atoms with Gasteiger partial charge in [0.1, 0.15) is 0 Å². The van der Waals surface area contributed by atoms with Gasteiger partial charge in [-0.2, -0.15) is 0 Å². The van der Waals surface area contributed by atoms with Gasteiger partial charge in [-0.15, -0.1) is 0 Å². The van der Waals surface area contributed by atoms with Crippen LogP contribution in [0.15, 0.2) is 0 Å². The molecule has 11 aliphatic rings. The molecule has 18 atom stereocenters. The third kappa shape index (κ3) is 5.48. The van der Waals surface area contributed by atoms with E-state index < -0.39 is 0 Å². The summed E-state index contributed by atoms with van der Waals surface area (Å²) in [7, 11) is 0. The highest BCUT2D eigenvalue weighted by molar-refractivity contribution is 5.13. The molecule has 0 N–H and O–H groups in total. The second-order valence-electron chi connectivity index (χ2n) is 22.1. The summed E-state index contributed by atoms with van der Waals surface area (Å²) in [5.74, 6) is 17.8. The van der Waals surface area contributed by atoms with Crippen molar-refractivity contribution in [3.8, 4) is 0 Å². The first-order chi connectivity index (χ1) is 24.3. The van der Waals surface area contributed by atoms with E-state index in [4.69, 9.17) is 0 Å². The molecule has 11 rings (SSSR count). The van der Waals surface area contributed by atoms with Crippen molar-refractivity contribution < 1.29 is 0 Å². The molecular formula is C48H77N. The van der Waals surface area contributed by atoms with Gasteiger partial charge in [-0.05, 0) is 185 Å². The molecule has 0 aromatic heterocycles. The fraction of sp³-hybridized carbons (Fsp3) is 1.00. The van der Waals surface area contributed by atoms with Crippen LogP contribution < -0.4 is 0 Å². The van der Waals surface area contributed by atoms with Gasteiger partial charge in [0.25, 0.3) is 0 Å². The SMILES string of the molecule is C1CCC(C2CC3CCC(C4CC5CCCCC5C5CC6C(CCCC6N6C7CCCCC7C7CC8CCCCC8CC76)C45)CC3C2)CC1. The Morgan fingerprint density at radius 1 is 0.224 bits per heavy atom. The standard InChI is InChI=1S/C48H77N/c1-2-11-30(12-3-1)36-23-33-21-22-35(24-37(33)25-36)41-27-34-15-6-7-16-38(34)44-29-43-40(48(41)44)18-10-20-46(43)49-45-19-9-8-17-39(45)42-26-31-13-4-5-14-32(31)28-47(42)49/h30-48H,1-29H2. The van der Waals surface area contributed by atoms with E-state index in [2.05, 4.69) is 4.90 Å². The van der Waals surface area contributed by atoms with Crippen molar-refractivity contribution in [3.63, 3.8) is 0 Å². The van der Waals surface area contributed by atoms with Crippen LogP contribution in [0, 0.1) is 94.7 Å². The van der Waals surface area contributed by atoms with Crippen LogP contribution in [0.3, 0.4) is 0 Å². The maximum Gasteiger partial charge on any atom is 0.0136 e. The Hall–Kier alpha value is -0.0400. The molecule has 1 aliphatic heterocycles. The van der Waals surface area contributed by atoms with Crippen LogP contribution in [0.25, 0.3) is 0 Å². The normalized spacial score (nSPS) is 56.1. The Balaban J connectivity index is 0.869. The molecule has 49 heavy (non-hydrogen) atoms. The lowest BCUT2D eigenvalue weighted by molar-refractivity contribution is -0.0410. The van der Waals surface area contributed by atoms with E-state index >= 15 is 0 Å². The molecule has 1 heteroatoms. The molecule has 0 bridgehead atoms. The zero-order valence-corrected chi connectivity index (χ0v) is 31.9. The molecule has 0 spiro atoms. The molecule has 1 heterocycles. The molecule has 10 aliphatic carbocycles. The van der Waals surface area contributed by atoms with E-state index in [1.807, 2.05) is 0 Å². The second kappa shape index (κ2) is 13.4. The van der Waals surface area contributed by atoms with Crippen molar-refractivity contribution in [2.45, 2.75) is 204 Å². The van der Waals surface area contributed by atoms with Gasteiger partial charge in [-0.1, -0.05) is 96.3 Å². The molecule has 0 amide bonds. The zero-order chi connectivity index (χ0) is 32.1. The van der Waals surface area contributed by atoms with Crippen LogP contribution in [0.5, 0.6) is 0 Å². The van der Waals surface area contributed by atoms with E-state index in [9.17, 15) is 0 Å². The van der Waals surface area contributed by atoms with Crippen LogP contribution in [0.4, 0.5) is 0 Å². The highest BCUT2D eigenvalue weighted by Crippen LogP contribution is 2.66. The summed E-state index contributed by atoms with van der Waals surface area (Å²) < 4.78 is 0. The lowest BCUT2D eigenvalue weighted by Crippen LogP contribution is -2.53. The summed E-state index contributed by atoms with van der Waals surface area (Å²) in [5.41, 5.74) is 0. The van der Waals surface area contributed by atoms with Crippen molar-refractivity contribution in [1.29, 1.82) is 0 Å². The first-order valence-corrected chi connectivity index (χ1v) is 24.1. The average Bonchev–Trinajstić information content (AvgIpc) is 3.86. The quantitative estimate of drug-likeness (QED) is 0.289. The monoisotopic (exact) mass is 668 g/mol. The van der Waals surface area contributed by atoms with E-state index in [0.29, 0.717) is 0 Å². The smallest absolute Gasteiger partial charge is 0.0136 e. The topological polar surface area (TPSA) is 3.24 Å². The maximum absolute atomic E-state index is 3.48. The predicted molar refractivity (Wildman–Crippen MR) is 203 cm³/mol. The van der Waals surface area contributed by atoms with E-state index in [1.165, 1.54) is 6.42 Å². The van der Waals surface area contributed by atoms with Gasteiger partial charge in [-0.25, -0.2) is 0 Å². The Labute approximate surface area is 303 Å². The minimum atomic E-state index is 0.981. The van der Waals surface area contributed by atoms with Crippen molar-refractivity contribution in [1.82, 2.24) is 4.90 Å². The van der Waals surface area contributed by atoms with Crippen molar-refractivity contribution in [3.05, 3.63) is 0 Å². The molecule has 0 radical (unpaired) electrons. The molecule has 10 saturated carbocycles. The minimum absolute atomic E-state index is 0.981. The summed E-state index contributed by atoms with van der Waals surface area (Å²) >= 11 is 0. The summed E-state index contributed by atoms with van der Waals surface area (Å²) in [6.07, 6.45) is 46.6. The fourth-order valence-corrected chi connectivity index (χ4v) is 19.1. The number of rotatable bonds is 3. The Morgan fingerprint density at radius 3 is 1.61 bits per heavy atom. The van der Waals surface area contributed by atoms with Gasteiger partial charge in [-0.3, -0.25) is 4.90 Å². The third-order valence-corrected chi connectivity index (χ3v) is 20.7. The summed E-state index contributed by atoms with van der Waals surface area (Å²) in [6.45, 7) is 0. The lowest BCUT2D eigenvalue weighted by Gasteiger charge is -2.53. The van der Waals surface area contributed by atoms with Crippen LogP contribution in [0.2, 0.25) is 0 Å². The third-order valence-electron chi connectivity index (χ3n) is 20.7. The summed E-state index contributed by atoms with van der Waals surface area (Å²) in [5, 5.41) is 0. The Morgan fingerprint density at radius 2 is 0.735 bits per heavy atom. The summed E-state index contributed by atoms with van der Waals surface area (Å²) in [6, 6.07) is 2.96. The van der Waals surface area contributed by atoms with Gasteiger partial charge in [0.15, 0.2) is 0 Å². The molecule has 18 unspecified atom stereocenters. The largest absolute Gasteiger partial charge is 0.294 e. The maximum atomic E-state index is 3.48. The minimum Gasteiger partial charge on any atom is -0.294 e. The van der Waals surface area contributed by atoms with E-state index in [1.54, 1.807) is 180 Å². The zero-order valence-electron chi connectivity index (χ0n) is 31.9. The highest BCUT2D eigenvalue weighted by Gasteiger charge is 2.62. The number of hydrogen-bond acceptors (Lipinski definition) is 1. The second-order valence-corrected chi connectivity index (χ2v) is 22.1. The molecule has 0 aromatic carbocycles. The number of fused-ring (bicyclic) bond motifs is 10. The number of likely N-dealkylation sites (tertiary alicyclic amines) is 1. The van der Waals surface area contributed by atoms with Crippen molar-refractivity contribution in [2.75, 3.05) is 0 Å². The van der Waals surface area contributed by atoms with Crippen LogP contribution in [-0.4, -0.2) is 23.0 Å². The Bertz CT molecular complexity index is 1150. The van der Waals surface area contributed by atoms with Gasteiger partial charge in [0, 0.05) is 18.1 Å². The van der Waals surface area contributed by atoms with Crippen molar-refractivity contribution in [2.24, 2.45) is 94.7 Å². The highest BCUT2D eigenvalue weighted by atomic mass is 15.3. The molecule has 1 saturated heterocycles. The van der Waals surface area contributed by atoms with Crippen molar-refractivity contribution >= 4 is 0 Å². The van der Waals surface area contributed by atoms with Crippen LogP contribution in [-0.2, 0) is 0 Å². The van der Waals surface area contributed by atoms with Gasteiger partial charge in [0.2, 0.25) is 0 Å². The molecule has 274 valence electrons. The van der Waals surface area contributed by atoms with Crippen LogP contribution >= 0.6 is 0 Å². The Kier molecular flexibility index (Phi) is 8.84. The fourth-order valence-electron chi connectivity index (χ4n) is 19.1. The van der Waals surface area contributed by atoms with Gasteiger partial charge in [0.05, 0.1) is 0 Å². The van der Waals surface area contributed by atoms with E-state index in [-0.39, 0.29) is 0 Å². The molecule has 0 aromatic rings. The predicted octanol–water partition coefficient (Wildman–Crippen LogP) is 12.7. The molecular weight excluding hydrogens is 591 g/mol. The van der Waals surface area contributed by atoms with Crippen LogP contribution in [0.1, 0.15) is 186 Å². The van der Waals surface area contributed by atoms with Gasteiger partial charge >= 0.3 is 0 Å². The summed E-state index contributed by atoms with van der Waals surface area (Å²) in [4.78, 5) is 3.48. The molecule has 1 nitrogen and oxygen atoms in total. The number of hydrogen-bond donors (Lipinski definition) is 0. The first kappa shape index (κ1) is 32.4. The number of nitrogens with zero attached hydrogens (tertiary/aromatic N) is 1. The molecule has 11 fully saturated rings.